The molecule has 1 heterocycles. The highest BCUT2D eigenvalue weighted by Crippen LogP contribution is 2.27. The number of thiocarbonyl (C=S) groups is 1. The van der Waals surface area contributed by atoms with Crippen molar-refractivity contribution in [1.82, 2.24) is 4.90 Å². The molecule has 1 saturated heterocycles. The molecule has 0 bridgehead atoms. The Morgan fingerprint density at radius 3 is 2.50 bits per heavy atom. The lowest BCUT2D eigenvalue weighted by atomic mass is 10.2. The minimum absolute atomic E-state index is 0.0859. The van der Waals surface area contributed by atoms with E-state index >= 15 is 0 Å². The first-order chi connectivity index (χ1) is 11.5. The van der Waals surface area contributed by atoms with Crippen LogP contribution in [0.5, 0.6) is 5.75 Å². The molecule has 0 aliphatic carbocycles. The Morgan fingerprint density at radius 1 is 1.12 bits per heavy atom. The third-order valence-corrected chi connectivity index (χ3v) is 4.63. The number of hydrogen-bond donors (Lipinski definition) is 2. The standard InChI is InChI=1S/C17H17ClFN3OS/c18-13-6-5-12(11-14(13)19)20-17(24)22-9-7-21(8-10-22)15-3-1-2-4-16(15)23/h1-6,11,23H,7-10H2,(H,20,24). The third-order valence-electron chi connectivity index (χ3n) is 3.96. The fourth-order valence-electron chi connectivity index (χ4n) is 2.66. The van der Waals surface area contributed by atoms with Crippen molar-refractivity contribution < 1.29 is 9.50 Å². The molecule has 0 saturated carbocycles. The molecule has 3 rings (SSSR count). The van der Waals surface area contributed by atoms with Gasteiger partial charge in [-0.15, -0.1) is 0 Å². The van der Waals surface area contributed by atoms with Crippen LogP contribution in [0.4, 0.5) is 15.8 Å². The summed E-state index contributed by atoms with van der Waals surface area (Å²) in [6.07, 6.45) is 0. The summed E-state index contributed by atoms with van der Waals surface area (Å²) in [7, 11) is 0. The minimum atomic E-state index is -0.478. The van der Waals surface area contributed by atoms with Crippen molar-refractivity contribution in [2.45, 2.75) is 0 Å². The lowest BCUT2D eigenvalue weighted by Crippen LogP contribution is -2.50. The normalized spacial score (nSPS) is 14.6. The van der Waals surface area contributed by atoms with E-state index in [2.05, 4.69) is 10.2 Å². The van der Waals surface area contributed by atoms with Gasteiger partial charge in [0.15, 0.2) is 5.11 Å². The minimum Gasteiger partial charge on any atom is -0.506 e. The van der Waals surface area contributed by atoms with Gasteiger partial charge in [0.25, 0.3) is 0 Å². The van der Waals surface area contributed by atoms with E-state index in [4.69, 9.17) is 23.8 Å². The summed E-state index contributed by atoms with van der Waals surface area (Å²) in [5.74, 6) is -0.197. The maximum Gasteiger partial charge on any atom is 0.173 e. The van der Waals surface area contributed by atoms with Crippen molar-refractivity contribution in [1.29, 1.82) is 0 Å². The molecule has 2 aromatic rings. The van der Waals surface area contributed by atoms with E-state index < -0.39 is 5.82 Å². The van der Waals surface area contributed by atoms with Crippen LogP contribution in [0.15, 0.2) is 42.5 Å². The molecule has 126 valence electrons. The van der Waals surface area contributed by atoms with Gasteiger partial charge in [-0.25, -0.2) is 4.39 Å². The first kappa shape index (κ1) is 16.8. The van der Waals surface area contributed by atoms with Crippen molar-refractivity contribution in [3.63, 3.8) is 0 Å². The number of piperazine rings is 1. The molecule has 1 aliphatic heterocycles. The zero-order valence-electron chi connectivity index (χ0n) is 12.9. The van der Waals surface area contributed by atoms with Crippen LogP contribution in [-0.4, -0.2) is 41.3 Å². The number of anilines is 2. The van der Waals surface area contributed by atoms with E-state index in [0.29, 0.717) is 10.8 Å². The Hall–Kier alpha value is -2.05. The second kappa shape index (κ2) is 7.23. The average Bonchev–Trinajstić information content (AvgIpc) is 2.59. The number of nitrogens with one attached hydrogen (secondary N) is 1. The number of phenolic OH excluding ortho intramolecular Hbond substituents is 1. The molecule has 0 spiro atoms. The fourth-order valence-corrected chi connectivity index (χ4v) is 3.08. The molecular weight excluding hydrogens is 349 g/mol. The Morgan fingerprint density at radius 2 is 1.83 bits per heavy atom. The Kier molecular flexibility index (Phi) is 5.06. The summed E-state index contributed by atoms with van der Waals surface area (Å²) in [4.78, 5) is 4.15. The number of nitrogens with zero attached hydrogens (tertiary/aromatic N) is 2. The number of rotatable bonds is 2. The van der Waals surface area contributed by atoms with Gasteiger partial charge in [-0.3, -0.25) is 0 Å². The number of para-hydroxylation sites is 2. The molecular formula is C17H17ClFN3OS. The quantitative estimate of drug-likeness (QED) is 0.794. The van der Waals surface area contributed by atoms with Gasteiger partial charge in [-0.2, -0.15) is 0 Å². The van der Waals surface area contributed by atoms with E-state index in [9.17, 15) is 9.50 Å². The van der Waals surface area contributed by atoms with E-state index in [0.717, 1.165) is 31.9 Å². The summed E-state index contributed by atoms with van der Waals surface area (Å²) in [6, 6.07) is 11.8. The van der Waals surface area contributed by atoms with Crippen molar-refractivity contribution in [2.24, 2.45) is 0 Å². The smallest absolute Gasteiger partial charge is 0.173 e. The van der Waals surface area contributed by atoms with Gasteiger partial charge >= 0.3 is 0 Å². The van der Waals surface area contributed by atoms with Gasteiger partial charge in [0.05, 0.1) is 10.7 Å². The third kappa shape index (κ3) is 3.71. The fraction of sp³-hybridized carbons (Fsp3) is 0.235. The number of halogens is 2. The maximum absolute atomic E-state index is 13.5. The highest BCUT2D eigenvalue weighted by Gasteiger charge is 2.20. The zero-order chi connectivity index (χ0) is 17.1. The van der Waals surface area contributed by atoms with E-state index in [1.165, 1.54) is 12.1 Å². The largest absolute Gasteiger partial charge is 0.506 e. The Balaban J connectivity index is 1.59. The molecule has 0 aromatic heterocycles. The lowest BCUT2D eigenvalue weighted by molar-refractivity contribution is 0.387. The van der Waals surface area contributed by atoms with Crippen LogP contribution >= 0.6 is 23.8 Å². The van der Waals surface area contributed by atoms with Crippen LogP contribution in [0, 0.1) is 5.82 Å². The van der Waals surface area contributed by atoms with E-state index in [1.54, 1.807) is 18.2 Å². The predicted molar refractivity (Wildman–Crippen MR) is 99.5 cm³/mol. The molecule has 0 amide bonds. The zero-order valence-corrected chi connectivity index (χ0v) is 14.4. The van der Waals surface area contributed by atoms with Crippen molar-refractivity contribution in [3.05, 3.63) is 53.3 Å². The topological polar surface area (TPSA) is 38.7 Å². The highest BCUT2D eigenvalue weighted by molar-refractivity contribution is 7.80. The Bertz CT molecular complexity index is 750. The molecule has 7 heteroatoms. The van der Waals surface area contributed by atoms with Crippen molar-refractivity contribution >= 4 is 40.3 Å². The number of hydrogen-bond acceptors (Lipinski definition) is 3. The summed E-state index contributed by atoms with van der Waals surface area (Å²) < 4.78 is 13.5. The number of benzene rings is 2. The van der Waals surface area contributed by atoms with Crippen molar-refractivity contribution in [2.75, 3.05) is 36.4 Å². The molecule has 0 radical (unpaired) electrons. The summed E-state index contributed by atoms with van der Waals surface area (Å²) in [5, 5.41) is 13.6. The van der Waals surface area contributed by atoms with Crippen LogP contribution in [0.2, 0.25) is 5.02 Å². The first-order valence-electron chi connectivity index (χ1n) is 7.58. The molecule has 2 aromatic carbocycles. The SMILES string of the molecule is Oc1ccccc1N1CCN(C(=S)Nc2ccc(Cl)c(F)c2)CC1. The van der Waals surface area contributed by atoms with Crippen LogP contribution in [0.3, 0.4) is 0 Å². The van der Waals surface area contributed by atoms with Gasteiger partial charge in [-0.1, -0.05) is 23.7 Å². The highest BCUT2D eigenvalue weighted by atomic mass is 35.5. The first-order valence-corrected chi connectivity index (χ1v) is 8.37. The van der Waals surface area contributed by atoms with Crippen LogP contribution < -0.4 is 10.2 Å². The van der Waals surface area contributed by atoms with E-state index in [-0.39, 0.29) is 10.8 Å². The Labute approximate surface area is 150 Å². The lowest BCUT2D eigenvalue weighted by Gasteiger charge is -2.37. The number of aromatic hydroxyl groups is 1. The molecule has 2 N–H and O–H groups in total. The van der Waals surface area contributed by atoms with Crippen LogP contribution in [-0.2, 0) is 0 Å². The van der Waals surface area contributed by atoms with Gasteiger partial charge in [0, 0.05) is 31.9 Å². The average molecular weight is 366 g/mol. The molecule has 4 nitrogen and oxygen atoms in total. The van der Waals surface area contributed by atoms with Crippen LogP contribution in [0.25, 0.3) is 0 Å². The molecule has 24 heavy (non-hydrogen) atoms. The molecule has 1 aliphatic rings. The number of phenols is 1. The summed E-state index contributed by atoms with van der Waals surface area (Å²) in [6.45, 7) is 2.93. The molecule has 1 fully saturated rings. The van der Waals surface area contributed by atoms with Crippen molar-refractivity contribution in [3.8, 4) is 5.75 Å². The van der Waals surface area contributed by atoms with Gasteiger partial charge in [-0.05, 0) is 42.5 Å². The van der Waals surface area contributed by atoms with Gasteiger partial charge in [0.2, 0.25) is 0 Å². The summed E-state index contributed by atoms with van der Waals surface area (Å²) in [5.41, 5.74) is 1.40. The second-order valence-electron chi connectivity index (χ2n) is 5.52. The van der Waals surface area contributed by atoms with Crippen LogP contribution in [0.1, 0.15) is 0 Å². The maximum atomic E-state index is 13.5. The monoisotopic (exact) mass is 365 g/mol. The predicted octanol–water partition coefficient (Wildman–Crippen LogP) is 3.70. The van der Waals surface area contributed by atoms with Gasteiger partial charge in [0.1, 0.15) is 11.6 Å². The van der Waals surface area contributed by atoms with Gasteiger partial charge < -0.3 is 20.2 Å². The molecule has 0 unspecified atom stereocenters. The summed E-state index contributed by atoms with van der Waals surface area (Å²) >= 11 is 11.1. The second-order valence-corrected chi connectivity index (χ2v) is 6.32. The molecule has 0 atom stereocenters. The van der Waals surface area contributed by atoms with E-state index in [1.807, 2.05) is 17.0 Å².